The van der Waals surface area contributed by atoms with Gasteiger partial charge in [-0.3, -0.25) is 0 Å². The number of halogens is 8. The first kappa shape index (κ1) is 22.7. The van der Waals surface area contributed by atoms with Crippen LogP contribution in [0.15, 0.2) is 40.0 Å². The zero-order valence-electron chi connectivity index (χ0n) is 13.1. The van der Waals surface area contributed by atoms with E-state index in [0.717, 1.165) is 0 Å². The Labute approximate surface area is 158 Å². The minimum Gasteiger partial charge on any atom is -0.462 e. The van der Waals surface area contributed by atoms with Gasteiger partial charge in [0.05, 0.1) is 12.2 Å². The second kappa shape index (κ2) is 9.05. The molecule has 0 atom stereocenters. The number of unbranched alkanes of at least 4 members (excludes halogenated alkanes) is 1. The van der Waals surface area contributed by atoms with Crippen molar-refractivity contribution in [3.63, 3.8) is 0 Å². The first-order chi connectivity index (χ1) is 11.9. The Morgan fingerprint density at radius 1 is 0.962 bits per heavy atom. The Morgan fingerprint density at radius 2 is 1.50 bits per heavy atom. The van der Waals surface area contributed by atoms with Crippen LogP contribution in [0.3, 0.4) is 0 Å². The van der Waals surface area contributed by atoms with Gasteiger partial charge in [-0.1, -0.05) is 18.2 Å². The molecule has 0 aliphatic heterocycles. The monoisotopic (exact) mass is 498 g/mol. The summed E-state index contributed by atoms with van der Waals surface area (Å²) in [5.41, 5.74) is -5.07. The van der Waals surface area contributed by atoms with Gasteiger partial charge in [-0.25, -0.2) is 9.18 Å². The second-order valence-electron chi connectivity index (χ2n) is 5.26. The molecule has 0 aromatic heterocycles. The molecule has 0 bridgehead atoms. The van der Waals surface area contributed by atoms with Gasteiger partial charge in [-0.15, -0.1) is 0 Å². The Morgan fingerprint density at radius 3 is 2.00 bits per heavy atom. The van der Waals surface area contributed by atoms with Crippen LogP contribution >= 0.6 is 22.6 Å². The third-order valence-corrected chi connectivity index (χ3v) is 4.08. The maximum Gasteiger partial charge on any atom is 0.435 e. The molecule has 0 aliphatic carbocycles. The van der Waals surface area contributed by atoms with Crippen LogP contribution in [0.5, 0.6) is 0 Å². The van der Waals surface area contributed by atoms with E-state index < -0.39 is 33.6 Å². The van der Waals surface area contributed by atoms with Crippen LogP contribution in [0.25, 0.3) is 0 Å². The summed E-state index contributed by atoms with van der Waals surface area (Å²) in [6.45, 7) is -0.0586. The summed E-state index contributed by atoms with van der Waals surface area (Å²) in [5.74, 6) is -0.590. The van der Waals surface area contributed by atoms with E-state index in [2.05, 4.69) is 0 Å². The van der Waals surface area contributed by atoms with Gasteiger partial charge < -0.3 is 4.74 Å². The van der Waals surface area contributed by atoms with Crippen LogP contribution in [-0.4, -0.2) is 30.6 Å². The highest BCUT2D eigenvalue weighted by molar-refractivity contribution is 14.1. The largest absolute Gasteiger partial charge is 0.462 e. The molecule has 26 heavy (non-hydrogen) atoms. The molecule has 1 aromatic rings. The number of allylic oxidation sites excluding steroid dienone is 2. The van der Waals surface area contributed by atoms with Crippen molar-refractivity contribution in [1.29, 1.82) is 0 Å². The van der Waals surface area contributed by atoms with Gasteiger partial charge in [0, 0.05) is 0 Å². The Kier molecular flexibility index (Phi) is 7.90. The van der Waals surface area contributed by atoms with E-state index in [9.17, 15) is 35.5 Å². The number of carbonyl (C=O) groups excluding carboxylic acids is 1. The highest BCUT2D eigenvalue weighted by atomic mass is 127. The van der Waals surface area contributed by atoms with Crippen LogP contribution in [0, 0.1) is 0 Å². The summed E-state index contributed by atoms with van der Waals surface area (Å²) in [5, 5.41) is 0. The van der Waals surface area contributed by atoms with Crippen molar-refractivity contribution in [2.75, 3.05) is 6.61 Å². The predicted octanol–water partition coefficient (Wildman–Crippen LogP) is 6.17. The van der Waals surface area contributed by atoms with Crippen molar-refractivity contribution < 1.29 is 40.3 Å². The van der Waals surface area contributed by atoms with Gasteiger partial charge >= 0.3 is 24.0 Å². The topological polar surface area (TPSA) is 26.3 Å². The quantitative estimate of drug-likeness (QED) is 0.195. The number of benzene rings is 1. The number of hydrogen-bond acceptors (Lipinski definition) is 2. The number of alkyl halides is 7. The van der Waals surface area contributed by atoms with E-state index in [4.69, 9.17) is 4.74 Å². The predicted molar refractivity (Wildman–Crippen MR) is 88.6 cm³/mol. The molecular formula is C16H14F7IO2. The van der Waals surface area contributed by atoms with E-state index in [0.29, 0.717) is 5.56 Å². The van der Waals surface area contributed by atoms with Gasteiger partial charge in [0.2, 0.25) is 0 Å². The molecule has 0 heterocycles. The van der Waals surface area contributed by atoms with Crippen molar-refractivity contribution in [3.8, 4) is 0 Å². The van der Waals surface area contributed by atoms with E-state index in [1.54, 1.807) is 18.2 Å². The summed E-state index contributed by atoms with van der Waals surface area (Å²) in [6.07, 6.45) is -12.5. The fourth-order valence-corrected chi connectivity index (χ4v) is 2.64. The molecule has 146 valence electrons. The fourth-order valence-electron chi connectivity index (χ4n) is 1.83. The van der Waals surface area contributed by atoms with Crippen LogP contribution in [0.1, 0.15) is 29.6 Å². The standard InChI is InChI=1S/C16H14F7IO2/c17-14(15(18,19)20,16(21,22)23)10-12(24)8-4-5-9-26-13(25)11-6-2-1-3-7-11/h1-3,6-7,10H,4-5,8-9H2. The van der Waals surface area contributed by atoms with Gasteiger partial charge in [0.1, 0.15) is 0 Å². The molecule has 10 heteroatoms. The lowest BCUT2D eigenvalue weighted by atomic mass is 10.0. The first-order valence-corrected chi connectivity index (χ1v) is 8.38. The second-order valence-corrected chi connectivity index (χ2v) is 6.64. The van der Waals surface area contributed by atoms with Crippen LogP contribution in [0.2, 0.25) is 0 Å². The smallest absolute Gasteiger partial charge is 0.435 e. The highest BCUT2D eigenvalue weighted by Gasteiger charge is 2.71. The minimum absolute atomic E-state index is 0.0586. The lowest BCUT2D eigenvalue weighted by Crippen LogP contribution is -2.51. The summed E-state index contributed by atoms with van der Waals surface area (Å²) in [7, 11) is 0. The maximum atomic E-state index is 13.5. The highest BCUT2D eigenvalue weighted by Crippen LogP contribution is 2.48. The molecular weight excluding hydrogens is 484 g/mol. The summed E-state index contributed by atoms with van der Waals surface area (Å²) in [4.78, 5) is 11.6. The molecule has 0 radical (unpaired) electrons. The van der Waals surface area contributed by atoms with Crippen LogP contribution < -0.4 is 0 Å². The Balaban J connectivity index is 2.51. The van der Waals surface area contributed by atoms with Crippen molar-refractivity contribution in [2.24, 2.45) is 0 Å². The average Bonchev–Trinajstić information content (AvgIpc) is 2.53. The Hall–Kier alpha value is -1.33. The summed E-state index contributed by atoms with van der Waals surface area (Å²) < 4.78 is 92.7. The zero-order valence-corrected chi connectivity index (χ0v) is 15.3. The molecule has 0 amide bonds. The van der Waals surface area contributed by atoms with E-state index >= 15 is 0 Å². The van der Waals surface area contributed by atoms with Crippen molar-refractivity contribution in [2.45, 2.75) is 37.3 Å². The molecule has 1 aromatic carbocycles. The normalized spacial score (nSPS) is 13.6. The lowest BCUT2D eigenvalue weighted by Gasteiger charge is -2.27. The fraction of sp³-hybridized carbons (Fsp3) is 0.438. The van der Waals surface area contributed by atoms with Crippen molar-refractivity contribution in [1.82, 2.24) is 0 Å². The van der Waals surface area contributed by atoms with Crippen molar-refractivity contribution in [3.05, 3.63) is 45.6 Å². The lowest BCUT2D eigenvalue weighted by molar-refractivity contribution is -0.322. The minimum atomic E-state index is -6.10. The molecule has 2 nitrogen and oxygen atoms in total. The third-order valence-electron chi connectivity index (χ3n) is 3.23. The molecule has 0 spiro atoms. The van der Waals surface area contributed by atoms with Crippen LogP contribution in [0.4, 0.5) is 30.7 Å². The molecule has 0 aliphatic rings. The van der Waals surface area contributed by atoms with Crippen LogP contribution in [-0.2, 0) is 4.74 Å². The SMILES string of the molecule is O=C(OCCCCC(I)=CC(F)(C(F)(F)F)C(F)(F)F)c1ccccc1. The average molecular weight is 498 g/mol. The Bertz CT molecular complexity index is 610. The number of hydrogen-bond donors (Lipinski definition) is 0. The van der Waals surface area contributed by atoms with E-state index in [-0.39, 0.29) is 25.9 Å². The first-order valence-electron chi connectivity index (χ1n) is 7.30. The zero-order chi connectivity index (χ0) is 20.0. The van der Waals surface area contributed by atoms with Gasteiger partial charge in [0.15, 0.2) is 0 Å². The molecule has 0 saturated carbocycles. The van der Waals surface area contributed by atoms with Crippen molar-refractivity contribution >= 4 is 28.6 Å². The maximum absolute atomic E-state index is 13.5. The molecule has 1 rings (SSSR count). The molecule has 0 N–H and O–H groups in total. The molecule has 0 unspecified atom stereocenters. The van der Waals surface area contributed by atoms with E-state index in [1.165, 1.54) is 34.7 Å². The third kappa shape index (κ3) is 6.13. The number of carbonyl (C=O) groups is 1. The van der Waals surface area contributed by atoms with Gasteiger partial charge in [0.25, 0.3) is 0 Å². The number of ether oxygens (including phenoxy) is 1. The van der Waals surface area contributed by atoms with Gasteiger partial charge in [-0.05, 0) is 63.6 Å². The summed E-state index contributed by atoms with van der Waals surface area (Å²) in [6, 6.07) is 8.03. The van der Waals surface area contributed by atoms with Gasteiger partial charge in [-0.2, -0.15) is 26.3 Å². The molecule has 0 fully saturated rings. The summed E-state index contributed by atoms with van der Waals surface area (Å²) >= 11 is 1.23. The van der Waals surface area contributed by atoms with E-state index in [1.807, 2.05) is 0 Å². The number of rotatable bonds is 7. The molecule has 0 saturated heterocycles. The number of esters is 1.